The van der Waals surface area contributed by atoms with Gasteiger partial charge in [0.05, 0.1) is 11.6 Å². The molecule has 3 aromatic rings. The van der Waals surface area contributed by atoms with Crippen molar-refractivity contribution in [3.8, 4) is 0 Å². The van der Waals surface area contributed by atoms with Gasteiger partial charge in [-0.25, -0.2) is 0 Å². The molecule has 2 heterocycles. The molecule has 1 atom stereocenters. The highest BCUT2D eigenvalue weighted by atomic mass is 16.3. The highest BCUT2D eigenvalue weighted by Crippen LogP contribution is 2.25. The second kappa shape index (κ2) is 11.1. The fourth-order valence-electron chi connectivity index (χ4n) is 4.81. The van der Waals surface area contributed by atoms with Crippen molar-refractivity contribution in [1.82, 2.24) is 10.3 Å². The number of carbonyl (C=O) groups is 3. The van der Waals surface area contributed by atoms with Gasteiger partial charge in [-0.1, -0.05) is 18.2 Å². The number of allylic oxidation sites excluding steroid dienone is 2. The Hall–Kier alpha value is -4.43. The van der Waals surface area contributed by atoms with Gasteiger partial charge in [-0.15, -0.1) is 0 Å². The van der Waals surface area contributed by atoms with E-state index in [0.29, 0.717) is 34.5 Å². The van der Waals surface area contributed by atoms with E-state index in [-0.39, 0.29) is 23.7 Å². The molecule has 5 rings (SSSR count). The number of anilines is 2. The van der Waals surface area contributed by atoms with Crippen LogP contribution in [-0.2, 0) is 0 Å². The van der Waals surface area contributed by atoms with E-state index < -0.39 is 5.54 Å². The number of nitrogens with one attached hydrogen (secondary N) is 3. The second-order valence-corrected chi connectivity index (χ2v) is 10.3. The molecule has 1 unspecified atom stereocenters. The van der Waals surface area contributed by atoms with Gasteiger partial charge in [0, 0.05) is 47.4 Å². The molecule has 0 saturated carbocycles. The minimum Gasteiger partial charge on any atom is -0.393 e. The summed E-state index contributed by atoms with van der Waals surface area (Å²) in [4.78, 5) is 43.3. The van der Waals surface area contributed by atoms with Gasteiger partial charge in [0.15, 0.2) is 5.78 Å². The van der Waals surface area contributed by atoms with Crippen molar-refractivity contribution >= 4 is 29.0 Å². The minimum atomic E-state index is -0.589. The number of benzene rings is 2. The first-order valence-corrected chi connectivity index (χ1v) is 13.1. The Morgan fingerprint density at radius 2 is 1.64 bits per heavy atom. The maximum Gasteiger partial charge on any atom is 0.268 e. The van der Waals surface area contributed by atoms with Crippen LogP contribution in [0, 0.1) is 0 Å². The number of aliphatic hydroxyl groups excluding tert-OH is 1. The average Bonchev–Trinajstić information content (AvgIpc) is 3.50. The third-order valence-corrected chi connectivity index (χ3v) is 7.24. The number of hydrogen-bond acceptors (Lipinski definition) is 5. The highest BCUT2D eigenvalue weighted by molar-refractivity contribution is 6.11. The Balaban J connectivity index is 1.16. The van der Waals surface area contributed by atoms with E-state index in [0.717, 1.165) is 31.6 Å². The van der Waals surface area contributed by atoms with E-state index in [2.05, 4.69) is 20.5 Å². The van der Waals surface area contributed by atoms with E-state index in [9.17, 15) is 19.5 Å². The summed E-state index contributed by atoms with van der Waals surface area (Å²) in [7, 11) is 0. The SMILES string of the molecule is CC1(NC(=O)c2ccc[nH]2)C=CC(C(=O)c2ccc(NC(=O)c3ccc(N4CCC(O)CC4)cc3)cc2)=CC1. The molecule has 1 saturated heterocycles. The van der Waals surface area contributed by atoms with Gasteiger partial charge in [0.2, 0.25) is 0 Å². The lowest BCUT2D eigenvalue weighted by atomic mass is 9.88. The van der Waals surface area contributed by atoms with E-state index in [1.54, 1.807) is 60.8 Å². The Morgan fingerprint density at radius 3 is 2.26 bits per heavy atom. The molecule has 1 aromatic heterocycles. The Kier molecular flexibility index (Phi) is 7.47. The monoisotopic (exact) mass is 524 g/mol. The number of ketones is 1. The molecule has 39 heavy (non-hydrogen) atoms. The van der Waals surface area contributed by atoms with Gasteiger partial charge in [-0.05, 0) is 86.8 Å². The number of aromatic nitrogens is 1. The van der Waals surface area contributed by atoms with Crippen molar-refractivity contribution in [3.63, 3.8) is 0 Å². The lowest BCUT2D eigenvalue weighted by Crippen LogP contribution is -2.45. The average molecular weight is 525 g/mol. The Bertz CT molecular complexity index is 1400. The number of aromatic amines is 1. The van der Waals surface area contributed by atoms with Gasteiger partial charge in [-0.2, -0.15) is 0 Å². The van der Waals surface area contributed by atoms with Gasteiger partial charge >= 0.3 is 0 Å². The maximum absolute atomic E-state index is 13.0. The van der Waals surface area contributed by atoms with Crippen molar-refractivity contribution in [2.24, 2.45) is 0 Å². The quantitative estimate of drug-likeness (QED) is 0.340. The predicted molar refractivity (Wildman–Crippen MR) is 151 cm³/mol. The number of hydrogen-bond donors (Lipinski definition) is 4. The summed E-state index contributed by atoms with van der Waals surface area (Å²) in [6.45, 7) is 3.51. The maximum atomic E-state index is 13.0. The second-order valence-electron chi connectivity index (χ2n) is 10.3. The molecule has 200 valence electrons. The summed E-state index contributed by atoms with van der Waals surface area (Å²) in [5.41, 5.74) is 3.14. The summed E-state index contributed by atoms with van der Waals surface area (Å²) in [6, 6.07) is 17.7. The number of H-pyrrole nitrogens is 1. The fraction of sp³-hybridized carbons (Fsp3) is 0.258. The van der Waals surface area contributed by atoms with Gasteiger partial charge in [0.25, 0.3) is 11.8 Å². The first kappa shape index (κ1) is 26.2. The molecule has 4 N–H and O–H groups in total. The zero-order valence-corrected chi connectivity index (χ0v) is 21.8. The van der Waals surface area contributed by atoms with Gasteiger partial charge < -0.3 is 25.6 Å². The van der Waals surface area contributed by atoms with Crippen molar-refractivity contribution in [3.05, 3.63) is 107 Å². The van der Waals surface area contributed by atoms with Crippen LogP contribution in [0.3, 0.4) is 0 Å². The van der Waals surface area contributed by atoms with Crippen LogP contribution in [-0.4, -0.2) is 52.4 Å². The topological polar surface area (TPSA) is 115 Å². The van der Waals surface area contributed by atoms with Crippen LogP contribution in [0.1, 0.15) is 57.4 Å². The molecule has 0 radical (unpaired) electrons. The lowest BCUT2D eigenvalue weighted by molar-refractivity contribution is 0.0917. The summed E-state index contributed by atoms with van der Waals surface area (Å²) >= 11 is 0. The number of piperidine rings is 1. The molecule has 8 nitrogen and oxygen atoms in total. The van der Waals surface area contributed by atoms with E-state index >= 15 is 0 Å². The van der Waals surface area contributed by atoms with Gasteiger partial charge in [0.1, 0.15) is 5.69 Å². The first-order chi connectivity index (χ1) is 18.8. The smallest absolute Gasteiger partial charge is 0.268 e. The summed E-state index contributed by atoms with van der Waals surface area (Å²) < 4.78 is 0. The van der Waals surface area contributed by atoms with Crippen LogP contribution in [0.2, 0.25) is 0 Å². The van der Waals surface area contributed by atoms with E-state index in [1.165, 1.54) is 0 Å². The Labute approximate surface area is 227 Å². The number of aliphatic hydroxyl groups is 1. The lowest BCUT2D eigenvalue weighted by Gasteiger charge is -2.31. The molecule has 0 bridgehead atoms. The molecule has 2 amide bonds. The van der Waals surface area contributed by atoms with Crippen LogP contribution < -0.4 is 15.5 Å². The number of nitrogens with zero attached hydrogens (tertiary/aromatic N) is 1. The molecular weight excluding hydrogens is 492 g/mol. The zero-order chi connectivity index (χ0) is 27.4. The standard InChI is InChI=1S/C31H32N4O4/c1-31(34-30(39)27-3-2-18-32-27)16-12-22(13-17-31)28(37)21-4-8-24(9-5-21)33-29(38)23-6-10-25(11-7-23)35-19-14-26(36)15-20-35/h2-13,16,18,26,32,36H,14-15,17,19-20H2,1H3,(H,33,38)(H,34,39). The van der Waals surface area contributed by atoms with Crippen LogP contribution in [0.4, 0.5) is 11.4 Å². The predicted octanol–water partition coefficient (Wildman–Crippen LogP) is 4.49. The normalized spacial score (nSPS) is 19.3. The number of Topliss-reactive ketones (excluding diaryl/α,β-unsaturated/α-hetero) is 1. The summed E-state index contributed by atoms with van der Waals surface area (Å²) in [5, 5.41) is 15.6. The molecule has 1 fully saturated rings. The van der Waals surface area contributed by atoms with Crippen LogP contribution >= 0.6 is 0 Å². The molecule has 2 aromatic carbocycles. The minimum absolute atomic E-state index is 0.123. The molecule has 1 aliphatic heterocycles. The Morgan fingerprint density at radius 1 is 0.949 bits per heavy atom. The first-order valence-electron chi connectivity index (χ1n) is 13.1. The summed E-state index contributed by atoms with van der Waals surface area (Å²) in [6.07, 6.45) is 8.88. The van der Waals surface area contributed by atoms with E-state index in [4.69, 9.17) is 0 Å². The van der Waals surface area contributed by atoms with Crippen molar-refractivity contribution in [2.75, 3.05) is 23.3 Å². The number of rotatable bonds is 7. The third kappa shape index (κ3) is 6.18. The van der Waals surface area contributed by atoms with Crippen LogP contribution in [0.15, 0.2) is 90.7 Å². The van der Waals surface area contributed by atoms with Crippen LogP contribution in [0.5, 0.6) is 0 Å². The van der Waals surface area contributed by atoms with E-state index in [1.807, 2.05) is 31.2 Å². The number of amides is 2. The number of carbonyl (C=O) groups excluding carboxylic acids is 3. The third-order valence-electron chi connectivity index (χ3n) is 7.24. The molecule has 2 aliphatic rings. The summed E-state index contributed by atoms with van der Waals surface area (Å²) in [5.74, 6) is -0.553. The molecule has 1 aliphatic carbocycles. The van der Waals surface area contributed by atoms with Crippen LogP contribution in [0.25, 0.3) is 0 Å². The van der Waals surface area contributed by atoms with Crippen molar-refractivity contribution < 1.29 is 19.5 Å². The molecule has 0 spiro atoms. The van der Waals surface area contributed by atoms with Gasteiger partial charge in [-0.3, -0.25) is 14.4 Å². The van der Waals surface area contributed by atoms with Crippen molar-refractivity contribution in [2.45, 2.75) is 37.8 Å². The largest absolute Gasteiger partial charge is 0.393 e. The van der Waals surface area contributed by atoms with Crippen molar-refractivity contribution in [1.29, 1.82) is 0 Å². The highest BCUT2D eigenvalue weighted by Gasteiger charge is 2.27. The molecular formula is C31H32N4O4. The zero-order valence-electron chi connectivity index (χ0n) is 21.8. The molecule has 8 heteroatoms. The fourth-order valence-corrected chi connectivity index (χ4v) is 4.81.